The predicted molar refractivity (Wildman–Crippen MR) is 129 cm³/mol. The molecule has 2 heterocycles. The maximum absolute atomic E-state index is 12.8. The topological polar surface area (TPSA) is 59.4 Å². The molecule has 170 valence electrons. The summed E-state index contributed by atoms with van der Waals surface area (Å²) in [6.45, 7) is 7.75. The fourth-order valence-electron chi connectivity index (χ4n) is 4.13. The van der Waals surface area contributed by atoms with Crippen LogP contribution in [0.3, 0.4) is 0 Å². The largest absolute Gasteiger partial charge is 0.444 e. The number of rotatable bonds is 5. The lowest BCUT2D eigenvalue weighted by Gasteiger charge is -2.36. The maximum Gasteiger partial charge on any atom is 0.410 e. The van der Waals surface area contributed by atoms with E-state index in [2.05, 4.69) is 16.0 Å². The van der Waals surface area contributed by atoms with Crippen LogP contribution in [0.15, 0.2) is 48.5 Å². The number of likely N-dealkylation sites (tertiary alicyclic amines) is 1. The summed E-state index contributed by atoms with van der Waals surface area (Å²) in [6, 6.07) is 16.1. The van der Waals surface area contributed by atoms with Crippen LogP contribution in [0, 0.1) is 0 Å². The molecule has 1 aliphatic rings. The minimum Gasteiger partial charge on any atom is -0.444 e. The summed E-state index contributed by atoms with van der Waals surface area (Å²) in [6.07, 6.45) is 2.82. The van der Waals surface area contributed by atoms with E-state index in [1.807, 2.05) is 68.1 Å². The Morgan fingerprint density at radius 3 is 2.66 bits per heavy atom. The van der Waals surface area contributed by atoms with Gasteiger partial charge in [0, 0.05) is 18.1 Å². The first kappa shape index (κ1) is 22.5. The average molecular weight is 455 g/mol. The highest BCUT2D eigenvalue weighted by molar-refractivity contribution is 6.30. The number of halogens is 1. The van der Waals surface area contributed by atoms with Crippen molar-refractivity contribution in [3.8, 4) is 0 Å². The number of benzene rings is 2. The van der Waals surface area contributed by atoms with E-state index in [1.165, 1.54) is 0 Å². The number of amides is 1. The second-order valence-corrected chi connectivity index (χ2v) is 9.78. The van der Waals surface area contributed by atoms with E-state index < -0.39 is 5.60 Å². The molecule has 3 aromatic rings. The lowest BCUT2D eigenvalue weighted by atomic mass is 10.0. The van der Waals surface area contributed by atoms with E-state index >= 15 is 0 Å². The lowest BCUT2D eigenvalue weighted by molar-refractivity contribution is 0.0114. The zero-order chi connectivity index (χ0) is 22.7. The Morgan fingerprint density at radius 1 is 1.16 bits per heavy atom. The summed E-state index contributed by atoms with van der Waals surface area (Å²) >= 11 is 6.06. The van der Waals surface area contributed by atoms with E-state index in [-0.39, 0.29) is 12.1 Å². The van der Waals surface area contributed by atoms with Gasteiger partial charge in [0.2, 0.25) is 5.95 Å². The Balaban J connectivity index is 1.54. The highest BCUT2D eigenvalue weighted by Crippen LogP contribution is 2.24. The molecular weight excluding hydrogens is 424 g/mol. The number of ether oxygens (including phenoxy) is 1. The molecule has 0 bridgehead atoms. The Morgan fingerprint density at radius 2 is 1.91 bits per heavy atom. The number of imidazole rings is 1. The Labute approximate surface area is 194 Å². The molecule has 7 heteroatoms. The second kappa shape index (κ2) is 9.41. The van der Waals surface area contributed by atoms with E-state index in [9.17, 15) is 4.79 Å². The highest BCUT2D eigenvalue weighted by atomic mass is 35.5. The third-order valence-electron chi connectivity index (χ3n) is 5.66. The van der Waals surface area contributed by atoms with Crippen molar-refractivity contribution in [1.29, 1.82) is 0 Å². The first-order chi connectivity index (χ1) is 15.3. The number of carbonyl (C=O) groups is 1. The number of carbonyl (C=O) groups excluding carboxylic acids is 1. The number of fused-ring (bicyclic) bond motifs is 1. The average Bonchev–Trinajstić information content (AvgIpc) is 3.10. The van der Waals surface area contributed by atoms with Gasteiger partial charge in [-0.2, -0.15) is 0 Å². The Kier molecular flexibility index (Phi) is 6.60. The van der Waals surface area contributed by atoms with Crippen molar-refractivity contribution in [2.24, 2.45) is 0 Å². The van der Waals surface area contributed by atoms with Crippen LogP contribution in [0.25, 0.3) is 11.0 Å². The molecule has 32 heavy (non-hydrogen) atoms. The normalized spacial score (nSPS) is 16.9. The van der Waals surface area contributed by atoms with Crippen molar-refractivity contribution < 1.29 is 9.53 Å². The maximum atomic E-state index is 12.8. The molecular formula is C25H31ClN4O2. The van der Waals surface area contributed by atoms with Crippen LogP contribution in [-0.2, 0) is 11.3 Å². The Hall–Kier alpha value is -2.73. The van der Waals surface area contributed by atoms with Gasteiger partial charge in [-0.3, -0.25) is 0 Å². The zero-order valence-corrected chi connectivity index (χ0v) is 19.7. The first-order valence-electron chi connectivity index (χ1n) is 11.2. The first-order valence-corrected chi connectivity index (χ1v) is 11.6. The van der Waals surface area contributed by atoms with E-state index in [0.29, 0.717) is 13.1 Å². The van der Waals surface area contributed by atoms with Crippen LogP contribution in [0.1, 0.15) is 45.6 Å². The molecule has 0 radical (unpaired) electrons. The third kappa shape index (κ3) is 5.36. The van der Waals surface area contributed by atoms with Gasteiger partial charge in [0.05, 0.1) is 23.6 Å². The van der Waals surface area contributed by atoms with Crippen LogP contribution in [0.4, 0.5) is 10.7 Å². The molecule has 6 nitrogen and oxygen atoms in total. The van der Waals surface area contributed by atoms with Crippen molar-refractivity contribution in [3.05, 3.63) is 59.1 Å². The highest BCUT2D eigenvalue weighted by Gasteiger charge is 2.30. The SMILES string of the molecule is CC(C)(C)OC(=O)N1CCCCC1CNc1nc2ccccc2n1Cc1ccc(Cl)cc1. The summed E-state index contributed by atoms with van der Waals surface area (Å²) in [7, 11) is 0. The number of para-hydroxylation sites is 2. The van der Waals surface area contributed by atoms with E-state index in [4.69, 9.17) is 21.3 Å². The predicted octanol–water partition coefficient (Wildman–Crippen LogP) is 5.94. The van der Waals surface area contributed by atoms with Gasteiger partial charge in [-0.25, -0.2) is 9.78 Å². The minimum absolute atomic E-state index is 0.0717. The van der Waals surface area contributed by atoms with Crippen LogP contribution in [0.5, 0.6) is 0 Å². The zero-order valence-electron chi connectivity index (χ0n) is 19.0. The molecule has 1 unspecified atom stereocenters. The van der Waals surface area contributed by atoms with Crippen molar-refractivity contribution >= 4 is 34.7 Å². The summed E-state index contributed by atoms with van der Waals surface area (Å²) in [5.74, 6) is 0.802. The number of anilines is 1. The lowest BCUT2D eigenvalue weighted by Crippen LogP contribution is -2.49. The minimum atomic E-state index is -0.501. The number of hydrogen-bond acceptors (Lipinski definition) is 4. The fourth-order valence-corrected chi connectivity index (χ4v) is 4.25. The summed E-state index contributed by atoms with van der Waals surface area (Å²) in [5, 5.41) is 4.25. The molecule has 1 fully saturated rings. The number of nitrogens with zero attached hydrogens (tertiary/aromatic N) is 3. The number of nitrogens with one attached hydrogen (secondary N) is 1. The van der Waals surface area contributed by atoms with Crippen molar-refractivity contribution in [3.63, 3.8) is 0 Å². The summed E-state index contributed by atoms with van der Waals surface area (Å²) < 4.78 is 7.83. The van der Waals surface area contributed by atoms with Gasteiger partial charge in [0.15, 0.2) is 0 Å². The fraction of sp³-hybridized carbons (Fsp3) is 0.440. The summed E-state index contributed by atoms with van der Waals surface area (Å²) in [4.78, 5) is 19.5. The van der Waals surface area contributed by atoms with E-state index in [1.54, 1.807) is 0 Å². The van der Waals surface area contributed by atoms with Gasteiger partial charge in [-0.15, -0.1) is 0 Å². The molecule has 1 atom stereocenters. The second-order valence-electron chi connectivity index (χ2n) is 9.34. The van der Waals surface area contributed by atoms with Crippen molar-refractivity contribution in [2.75, 3.05) is 18.4 Å². The van der Waals surface area contributed by atoms with Gasteiger partial charge in [-0.05, 0) is 69.9 Å². The van der Waals surface area contributed by atoms with E-state index in [0.717, 1.165) is 53.4 Å². The van der Waals surface area contributed by atoms with Crippen LogP contribution < -0.4 is 5.32 Å². The molecule has 1 aliphatic heterocycles. The standard InChI is InChI=1S/C25H31ClN4O2/c1-25(2,3)32-24(31)29-15-7-6-8-20(29)16-27-23-28-21-9-4-5-10-22(21)30(23)17-18-11-13-19(26)14-12-18/h4-5,9-14,20H,6-8,15-17H2,1-3H3,(H,27,28). The molecule has 1 N–H and O–H groups in total. The van der Waals surface area contributed by atoms with Gasteiger partial charge >= 0.3 is 6.09 Å². The summed E-state index contributed by atoms with van der Waals surface area (Å²) in [5.41, 5.74) is 2.65. The molecule has 1 aromatic heterocycles. The van der Waals surface area contributed by atoms with Crippen LogP contribution in [0.2, 0.25) is 5.02 Å². The molecule has 1 saturated heterocycles. The Bertz CT molecular complexity index is 1070. The van der Waals surface area contributed by atoms with Crippen LogP contribution in [-0.4, -0.2) is 45.3 Å². The monoisotopic (exact) mass is 454 g/mol. The van der Waals surface area contributed by atoms with Gasteiger partial charge in [-0.1, -0.05) is 35.9 Å². The quantitative estimate of drug-likeness (QED) is 0.518. The van der Waals surface area contributed by atoms with Crippen molar-refractivity contribution in [1.82, 2.24) is 14.5 Å². The van der Waals surface area contributed by atoms with Gasteiger partial charge in [0.1, 0.15) is 5.60 Å². The third-order valence-corrected chi connectivity index (χ3v) is 5.91. The molecule has 0 spiro atoms. The van der Waals surface area contributed by atoms with Crippen molar-refractivity contribution in [2.45, 2.75) is 58.2 Å². The van der Waals surface area contributed by atoms with Gasteiger partial charge in [0.25, 0.3) is 0 Å². The smallest absolute Gasteiger partial charge is 0.410 e. The molecule has 4 rings (SSSR count). The number of piperidine rings is 1. The molecule has 0 aliphatic carbocycles. The molecule has 0 saturated carbocycles. The molecule has 2 aromatic carbocycles. The van der Waals surface area contributed by atoms with Gasteiger partial charge < -0.3 is 19.5 Å². The number of aromatic nitrogens is 2. The molecule has 1 amide bonds. The van der Waals surface area contributed by atoms with Crippen LogP contribution >= 0.6 is 11.6 Å². The number of hydrogen-bond donors (Lipinski definition) is 1.